The summed E-state index contributed by atoms with van der Waals surface area (Å²) in [6.07, 6.45) is 2.83. The molecule has 0 N–H and O–H groups in total. The van der Waals surface area contributed by atoms with Crippen molar-refractivity contribution in [2.45, 2.75) is 45.3 Å². The van der Waals surface area contributed by atoms with Crippen LogP contribution in [0.3, 0.4) is 0 Å². The Bertz CT molecular complexity index is 608. The molecule has 0 aliphatic rings. The Hall–Kier alpha value is -1.76. The fraction of sp³-hybridized carbons (Fsp3) is 0.562. The van der Waals surface area contributed by atoms with Gasteiger partial charge in [-0.2, -0.15) is 0 Å². The van der Waals surface area contributed by atoms with Crippen molar-refractivity contribution in [3.8, 4) is 11.6 Å². The lowest BCUT2D eigenvalue weighted by Gasteiger charge is -2.11. The van der Waals surface area contributed by atoms with E-state index in [9.17, 15) is 4.79 Å². The normalized spacial score (nSPS) is 11.1. The highest BCUT2D eigenvalue weighted by atomic mass is 32.2. The second kappa shape index (κ2) is 8.76. The van der Waals surface area contributed by atoms with Crippen molar-refractivity contribution in [1.29, 1.82) is 0 Å². The van der Waals surface area contributed by atoms with E-state index in [-0.39, 0.29) is 5.97 Å². The molecule has 0 aliphatic carbocycles. The van der Waals surface area contributed by atoms with Gasteiger partial charge < -0.3 is 9.15 Å². The summed E-state index contributed by atoms with van der Waals surface area (Å²) in [6.45, 7) is 7.38. The fourth-order valence-corrected chi connectivity index (χ4v) is 3.01. The van der Waals surface area contributed by atoms with E-state index in [1.807, 2.05) is 19.1 Å². The lowest BCUT2D eigenvalue weighted by Crippen LogP contribution is -2.08. The number of ether oxygens (including phenoxy) is 1. The molecule has 23 heavy (non-hydrogen) atoms. The van der Waals surface area contributed by atoms with Gasteiger partial charge in [0.05, 0.1) is 12.9 Å². The summed E-state index contributed by atoms with van der Waals surface area (Å²) < 4.78 is 12.5. The number of thioether (sulfide) groups is 1. The molecule has 6 nitrogen and oxygen atoms in total. The van der Waals surface area contributed by atoms with Crippen LogP contribution in [-0.4, -0.2) is 33.1 Å². The summed E-state index contributed by atoms with van der Waals surface area (Å²) in [5.74, 6) is 2.59. The predicted octanol–water partition coefficient (Wildman–Crippen LogP) is 3.63. The first-order valence-corrected chi connectivity index (χ1v) is 8.85. The average Bonchev–Trinajstić information content (AvgIpc) is 3.13. The number of nitrogens with zero attached hydrogens (tertiary/aromatic N) is 3. The van der Waals surface area contributed by atoms with Gasteiger partial charge in [-0.3, -0.25) is 9.36 Å². The van der Waals surface area contributed by atoms with Gasteiger partial charge in [0.15, 0.2) is 16.7 Å². The largest absolute Gasteiger partial charge is 0.466 e. The van der Waals surface area contributed by atoms with Gasteiger partial charge >= 0.3 is 5.97 Å². The summed E-state index contributed by atoms with van der Waals surface area (Å²) in [5, 5.41) is 9.40. The quantitative estimate of drug-likeness (QED) is 0.395. The van der Waals surface area contributed by atoms with Crippen LogP contribution < -0.4 is 0 Å². The first-order valence-electron chi connectivity index (χ1n) is 7.87. The molecule has 0 fully saturated rings. The van der Waals surface area contributed by atoms with Gasteiger partial charge in [0.2, 0.25) is 0 Å². The van der Waals surface area contributed by atoms with Crippen LogP contribution in [0, 0.1) is 5.92 Å². The first kappa shape index (κ1) is 17.6. The van der Waals surface area contributed by atoms with Gasteiger partial charge in [0, 0.05) is 18.7 Å². The topological polar surface area (TPSA) is 70.2 Å². The number of esters is 1. The standard InChI is InChI=1S/C16H23N3O3S/c1-4-21-14(20)8-6-10-23-16-18-17-15(13-7-5-9-22-13)19(16)11-12(2)3/h5,7,9,12H,4,6,8,10-11H2,1-3H3. The molecule has 0 spiro atoms. The summed E-state index contributed by atoms with van der Waals surface area (Å²) in [7, 11) is 0. The SMILES string of the molecule is CCOC(=O)CCCSc1nnc(-c2ccco2)n1CC(C)C. The van der Waals surface area contributed by atoms with E-state index in [0.717, 1.165) is 35.5 Å². The lowest BCUT2D eigenvalue weighted by atomic mass is 10.2. The van der Waals surface area contributed by atoms with Gasteiger partial charge in [-0.15, -0.1) is 10.2 Å². The van der Waals surface area contributed by atoms with E-state index in [4.69, 9.17) is 9.15 Å². The summed E-state index contributed by atoms with van der Waals surface area (Å²) in [5.41, 5.74) is 0. The zero-order valence-corrected chi connectivity index (χ0v) is 14.6. The monoisotopic (exact) mass is 337 g/mol. The van der Waals surface area contributed by atoms with Crippen molar-refractivity contribution in [3.63, 3.8) is 0 Å². The number of aromatic nitrogens is 3. The molecular formula is C16H23N3O3S. The van der Waals surface area contributed by atoms with Crippen molar-refractivity contribution >= 4 is 17.7 Å². The Labute approximate surface area is 140 Å². The second-order valence-electron chi connectivity index (χ2n) is 5.54. The smallest absolute Gasteiger partial charge is 0.305 e. The maximum Gasteiger partial charge on any atom is 0.305 e. The average molecular weight is 337 g/mol. The predicted molar refractivity (Wildman–Crippen MR) is 89.2 cm³/mol. The van der Waals surface area contributed by atoms with Gasteiger partial charge in [0.25, 0.3) is 0 Å². The Morgan fingerprint density at radius 1 is 1.43 bits per heavy atom. The second-order valence-corrected chi connectivity index (χ2v) is 6.61. The molecule has 0 saturated carbocycles. The first-order chi connectivity index (χ1) is 11.1. The van der Waals surface area contributed by atoms with Crippen molar-refractivity contribution in [2.75, 3.05) is 12.4 Å². The number of hydrogen-bond donors (Lipinski definition) is 0. The van der Waals surface area contributed by atoms with Crippen LogP contribution in [0.1, 0.15) is 33.6 Å². The molecule has 2 aromatic heterocycles. The summed E-state index contributed by atoms with van der Waals surface area (Å²) >= 11 is 1.61. The van der Waals surface area contributed by atoms with E-state index < -0.39 is 0 Å². The minimum Gasteiger partial charge on any atom is -0.466 e. The highest BCUT2D eigenvalue weighted by Gasteiger charge is 2.17. The van der Waals surface area contributed by atoms with Gasteiger partial charge in [0.1, 0.15) is 0 Å². The van der Waals surface area contributed by atoms with Crippen LogP contribution in [0.5, 0.6) is 0 Å². The highest BCUT2D eigenvalue weighted by molar-refractivity contribution is 7.99. The van der Waals surface area contributed by atoms with Gasteiger partial charge in [-0.05, 0) is 31.4 Å². The molecule has 7 heteroatoms. The molecule has 0 saturated heterocycles. The van der Waals surface area contributed by atoms with Crippen molar-refractivity contribution in [2.24, 2.45) is 5.92 Å². The van der Waals surface area contributed by atoms with E-state index in [0.29, 0.717) is 18.9 Å². The van der Waals surface area contributed by atoms with E-state index >= 15 is 0 Å². The summed E-state index contributed by atoms with van der Waals surface area (Å²) in [6, 6.07) is 3.73. The number of hydrogen-bond acceptors (Lipinski definition) is 6. The van der Waals surface area contributed by atoms with Crippen LogP contribution in [-0.2, 0) is 16.1 Å². The molecule has 2 aromatic rings. The molecule has 2 rings (SSSR count). The third-order valence-corrected chi connectivity index (χ3v) is 4.12. The third kappa shape index (κ3) is 5.13. The van der Waals surface area contributed by atoms with E-state index in [1.165, 1.54) is 0 Å². The zero-order chi connectivity index (χ0) is 16.7. The summed E-state index contributed by atoms with van der Waals surface area (Å²) in [4.78, 5) is 11.3. The molecule has 0 bridgehead atoms. The fourth-order valence-electron chi connectivity index (χ4n) is 2.13. The van der Waals surface area contributed by atoms with E-state index in [1.54, 1.807) is 18.0 Å². The van der Waals surface area contributed by atoms with E-state index in [2.05, 4.69) is 28.6 Å². The van der Waals surface area contributed by atoms with Gasteiger partial charge in [-0.25, -0.2) is 0 Å². The molecular weight excluding hydrogens is 314 g/mol. The maximum atomic E-state index is 11.3. The number of rotatable bonds is 9. The lowest BCUT2D eigenvalue weighted by molar-refractivity contribution is -0.143. The Kier molecular flexibility index (Phi) is 6.70. The number of carbonyl (C=O) groups is 1. The molecule has 0 radical (unpaired) electrons. The van der Waals surface area contributed by atoms with Crippen molar-refractivity contribution < 1.29 is 13.9 Å². The Balaban J connectivity index is 1.99. The van der Waals surface area contributed by atoms with Crippen molar-refractivity contribution in [1.82, 2.24) is 14.8 Å². The zero-order valence-electron chi connectivity index (χ0n) is 13.8. The molecule has 0 amide bonds. The maximum absolute atomic E-state index is 11.3. The molecule has 0 unspecified atom stereocenters. The molecule has 0 atom stereocenters. The molecule has 126 valence electrons. The Morgan fingerprint density at radius 2 is 2.26 bits per heavy atom. The molecule has 0 aliphatic heterocycles. The number of carbonyl (C=O) groups excluding carboxylic acids is 1. The van der Waals surface area contributed by atoms with Crippen molar-refractivity contribution in [3.05, 3.63) is 18.4 Å². The van der Waals surface area contributed by atoms with Crippen LogP contribution in [0.4, 0.5) is 0 Å². The minimum absolute atomic E-state index is 0.145. The van der Waals surface area contributed by atoms with Crippen LogP contribution in [0.25, 0.3) is 11.6 Å². The van der Waals surface area contributed by atoms with Crippen LogP contribution >= 0.6 is 11.8 Å². The van der Waals surface area contributed by atoms with Gasteiger partial charge in [-0.1, -0.05) is 25.6 Å². The third-order valence-electron chi connectivity index (χ3n) is 3.07. The minimum atomic E-state index is -0.145. The molecule has 0 aromatic carbocycles. The van der Waals surface area contributed by atoms with Crippen LogP contribution in [0.2, 0.25) is 0 Å². The highest BCUT2D eigenvalue weighted by Crippen LogP contribution is 2.26. The van der Waals surface area contributed by atoms with Crippen LogP contribution in [0.15, 0.2) is 28.0 Å². The number of furan rings is 1. The molecule has 2 heterocycles. The Morgan fingerprint density at radius 3 is 2.91 bits per heavy atom.